The summed E-state index contributed by atoms with van der Waals surface area (Å²) in [5.41, 5.74) is 0.987. The van der Waals surface area contributed by atoms with Gasteiger partial charge in [-0.15, -0.1) is 0 Å². The highest BCUT2D eigenvalue weighted by atomic mass is 35.5. The van der Waals surface area contributed by atoms with Gasteiger partial charge in [-0.1, -0.05) is 53.9 Å². The van der Waals surface area contributed by atoms with Crippen molar-refractivity contribution in [3.05, 3.63) is 93.7 Å². The van der Waals surface area contributed by atoms with Crippen LogP contribution in [-0.2, 0) is 26.2 Å². The molecular formula is C30H34Cl2FN3O4S. The van der Waals surface area contributed by atoms with E-state index in [-0.39, 0.29) is 34.5 Å². The number of sulfonamides is 1. The first kappa shape index (κ1) is 32.4. The molecule has 41 heavy (non-hydrogen) atoms. The van der Waals surface area contributed by atoms with Gasteiger partial charge in [0.1, 0.15) is 18.4 Å². The Morgan fingerprint density at radius 1 is 0.951 bits per heavy atom. The van der Waals surface area contributed by atoms with Crippen LogP contribution in [-0.4, -0.2) is 43.3 Å². The van der Waals surface area contributed by atoms with Crippen LogP contribution in [0.25, 0.3) is 0 Å². The molecule has 1 N–H and O–H groups in total. The molecule has 0 saturated heterocycles. The Morgan fingerprint density at radius 3 is 2.10 bits per heavy atom. The summed E-state index contributed by atoms with van der Waals surface area (Å²) < 4.78 is 42.4. The maximum Gasteiger partial charge on any atom is 0.264 e. The van der Waals surface area contributed by atoms with Crippen LogP contribution >= 0.6 is 23.2 Å². The third-order valence-electron chi connectivity index (χ3n) is 6.22. The Morgan fingerprint density at radius 2 is 1.56 bits per heavy atom. The van der Waals surface area contributed by atoms with E-state index in [2.05, 4.69) is 5.32 Å². The fraction of sp³-hybridized carbons (Fsp3) is 0.333. The van der Waals surface area contributed by atoms with E-state index in [4.69, 9.17) is 23.2 Å². The van der Waals surface area contributed by atoms with E-state index >= 15 is 0 Å². The molecule has 3 aromatic rings. The summed E-state index contributed by atoms with van der Waals surface area (Å²) in [6, 6.07) is 15.0. The van der Waals surface area contributed by atoms with Crippen LogP contribution in [0.2, 0.25) is 10.0 Å². The van der Waals surface area contributed by atoms with Gasteiger partial charge in [0, 0.05) is 12.1 Å². The first-order chi connectivity index (χ1) is 19.1. The van der Waals surface area contributed by atoms with Crippen LogP contribution in [0, 0.1) is 12.7 Å². The lowest BCUT2D eigenvalue weighted by Crippen LogP contribution is -2.55. The monoisotopic (exact) mass is 621 g/mol. The maximum atomic E-state index is 14.1. The van der Waals surface area contributed by atoms with Crippen molar-refractivity contribution in [2.24, 2.45) is 0 Å². The second-order valence-corrected chi connectivity index (χ2v) is 13.4. The van der Waals surface area contributed by atoms with Crippen LogP contribution in [0.5, 0.6) is 0 Å². The van der Waals surface area contributed by atoms with Crippen molar-refractivity contribution >= 4 is 50.7 Å². The standard InChI is InChI=1S/C30H34Cl2FN3O4S/c1-6-27(29(38)34-30(3,4)5)35(18-21-9-16-25(31)26(32)17-21)28(37)19-36(23-12-10-22(33)11-13-23)41(39,40)24-14-7-20(2)8-15-24/h7-17,27H,6,18-19H2,1-5H3,(H,34,38). The van der Waals surface area contributed by atoms with Crippen LogP contribution in [0.4, 0.5) is 10.1 Å². The highest BCUT2D eigenvalue weighted by Crippen LogP contribution is 2.27. The molecule has 0 fully saturated rings. The Bertz CT molecular complexity index is 1490. The minimum absolute atomic E-state index is 0.0335. The number of hydrogen-bond donors (Lipinski definition) is 1. The van der Waals surface area contributed by atoms with E-state index in [1.807, 2.05) is 27.7 Å². The van der Waals surface area contributed by atoms with E-state index in [1.54, 1.807) is 37.3 Å². The number of nitrogens with zero attached hydrogens (tertiary/aromatic N) is 2. The van der Waals surface area contributed by atoms with Gasteiger partial charge in [-0.05, 0) is 88.2 Å². The second-order valence-electron chi connectivity index (χ2n) is 10.7. The van der Waals surface area contributed by atoms with Crippen LogP contribution in [0.1, 0.15) is 45.2 Å². The van der Waals surface area contributed by atoms with E-state index in [0.29, 0.717) is 10.6 Å². The number of aryl methyl sites for hydroxylation is 1. The molecule has 7 nitrogen and oxygen atoms in total. The molecule has 0 spiro atoms. The van der Waals surface area contributed by atoms with Gasteiger partial charge in [0.25, 0.3) is 10.0 Å². The summed E-state index contributed by atoms with van der Waals surface area (Å²) >= 11 is 12.3. The topological polar surface area (TPSA) is 86.8 Å². The normalized spacial score (nSPS) is 12.5. The van der Waals surface area contributed by atoms with Gasteiger partial charge in [0.05, 0.1) is 20.6 Å². The molecule has 0 aliphatic heterocycles. The molecule has 0 aliphatic rings. The van der Waals surface area contributed by atoms with Crippen molar-refractivity contribution in [1.82, 2.24) is 10.2 Å². The lowest BCUT2D eigenvalue weighted by Gasteiger charge is -2.34. The lowest BCUT2D eigenvalue weighted by molar-refractivity contribution is -0.141. The fourth-order valence-electron chi connectivity index (χ4n) is 4.18. The number of rotatable bonds is 10. The average Bonchev–Trinajstić information content (AvgIpc) is 2.89. The molecule has 220 valence electrons. The number of anilines is 1. The summed E-state index contributed by atoms with van der Waals surface area (Å²) in [6.45, 7) is 8.40. The summed E-state index contributed by atoms with van der Waals surface area (Å²) in [4.78, 5) is 28.7. The first-order valence-electron chi connectivity index (χ1n) is 13.0. The highest BCUT2D eigenvalue weighted by molar-refractivity contribution is 7.92. The SMILES string of the molecule is CCC(C(=O)NC(C)(C)C)N(Cc1ccc(Cl)c(Cl)c1)C(=O)CN(c1ccc(F)cc1)S(=O)(=O)c1ccc(C)cc1. The Labute approximate surface area is 251 Å². The predicted molar refractivity (Wildman–Crippen MR) is 161 cm³/mol. The van der Waals surface area contributed by atoms with Gasteiger partial charge in [0.15, 0.2) is 0 Å². The molecular weight excluding hydrogens is 588 g/mol. The van der Waals surface area contributed by atoms with Crippen LogP contribution in [0.15, 0.2) is 71.6 Å². The molecule has 0 aromatic heterocycles. The number of halogens is 3. The largest absolute Gasteiger partial charge is 0.350 e. The van der Waals surface area contributed by atoms with E-state index in [9.17, 15) is 22.4 Å². The average molecular weight is 623 g/mol. The molecule has 0 heterocycles. The van der Waals surface area contributed by atoms with Crippen LogP contribution < -0.4 is 9.62 Å². The van der Waals surface area contributed by atoms with Crippen molar-refractivity contribution in [2.45, 2.75) is 64.1 Å². The van der Waals surface area contributed by atoms with Crippen molar-refractivity contribution < 1.29 is 22.4 Å². The third-order valence-corrected chi connectivity index (χ3v) is 8.75. The summed E-state index contributed by atoms with van der Waals surface area (Å²) in [5.74, 6) is -1.57. The molecule has 3 rings (SSSR count). The zero-order valence-electron chi connectivity index (χ0n) is 23.6. The van der Waals surface area contributed by atoms with Crippen molar-refractivity contribution in [1.29, 1.82) is 0 Å². The second kappa shape index (κ2) is 13.2. The number of carbonyl (C=O) groups excluding carboxylic acids is 2. The molecule has 0 aliphatic carbocycles. The summed E-state index contributed by atoms with van der Waals surface area (Å²) in [6.07, 6.45) is 0.260. The fourth-order valence-corrected chi connectivity index (χ4v) is 5.92. The van der Waals surface area contributed by atoms with Gasteiger partial charge < -0.3 is 10.2 Å². The highest BCUT2D eigenvalue weighted by Gasteiger charge is 2.34. The molecule has 1 unspecified atom stereocenters. The lowest BCUT2D eigenvalue weighted by atomic mass is 10.1. The Kier molecular flexibility index (Phi) is 10.4. The van der Waals surface area contributed by atoms with Crippen molar-refractivity contribution in [3.8, 4) is 0 Å². The van der Waals surface area contributed by atoms with E-state index in [1.165, 1.54) is 29.2 Å². The van der Waals surface area contributed by atoms with Crippen molar-refractivity contribution in [2.75, 3.05) is 10.8 Å². The number of benzene rings is 3. The molecule has 2 amide bonds. The number of nitrogens with one attached hydrogen (secondary N) is 1. The molecule has 0 radical (unpaired) electrons. The molecule has 0 saturated carbocycles. The Hall–Kier alpha value is -3.14. The zero-order valence-corrected chi connectivity index (χ0v) is 25.9. The smallest absolute Gasteiger partial charge is 0.264 e. The van der Waals surface area contributed by atoms with E-state index in [0.717, 1.165) is 22.0 Å². The molecule has 1 atom stereocenters. The number of hydrogen-bond acceptors (Lipinski definition) is 4. The van der Waals surface area contributed by atoms with Gasteiger partial charge >= 0.3 is 0 Å². The summed E-state index contributed by atoms with van der Waals surface area (Å²) in [5, 5.41) is 3.52. The third kappa shape index (κ3) is 8.44. The maximum absolute atomic E-state index is 14.1. The molecule has 0 bridgehead atoms. The molecule has 3 aromatic carbocycles. The summed E-state index contributed by atoms with van der Waals surface area (Å²) in [7, 11) is -4.25. The quantitative estimate of drug-likeness (QED) is 0.285. The predicted octanol–water partition coefficient (Wildman–Crippen LogP) is 6.36. The van der Waals surface area contributed by atoms with Gasteiger partial charge in [0.2, 0.25) is 11.8 Å². The minimum atomic E-state index is -4.25. The van der Waals surface area contributed by atoms with Crippen LogP contribution in [0.3, 0.4) is 0 Å². The Balaban J connectivity index is 2.08. The number of amides is 2. The first-order valence-corrected chi connectivity index (χ1v) is 15.2. The van der Waals surface area contributed by atoms with E-state index < -0.39 is 39.9 Å². The van der Waals surface area contributed by atoms with Gasteiger partial charge in [-0.25, -0.2) is 12.8 Å². The van der Waals surface area contributed by atoms with Crippen molar-refractivity contribution in [3.63, 3.8) is 0 Å². The molecule has 11 heteroatoms. The van der Waals surface area contributed by atoms with Gasteiger partial charge in [-0.2, -0.15) is 0 Å². The zero-order chi connectivity index (χ0) is 30.5. The number of carbonyl (C=O) groups is 2. The minimum Gasteiger partial charge on any atom is -0.350 e. The van der Waals surface area contributed by atoms with Gasteiger partial charge in [-0.3, -0.25) is 13.9 Å².